The van der Waals surface area contributed by atoms with E-state index in [1.54, 1.807) is 6.20 Å². The maximum atomic E-state index is 12.4. The van der Waals surface area contributed by atoms with Gasteiger partial charge in [-0.2, -0.15) is 0 Å². The summed E-state index contributed by atoms with van der Waals surface area (Å²) in [5.74, 6) is -2.68. The lowest BCUT2D eigenvalue weighted by Crippen LogP contribution is -2.39. The SMILES string of the molecule is CC(=O)C(C(=O)N(C)C)C(C[N+](=O)[O-])c1c[nH]c2ccccc12. The molecule has 1 amide bonds. The summed E-state index contributed by atoms with van der Waals surface area (Å²) in [5, 5.41) is 11.9. The molecule has 1 aromatic carbocycles. The second-order valence-electron chi connectivity index (χ2n) is 5.73. The first-order chi connectivity index (χ1) is 10.8. The largest absolute Gasteiger partial charge is 0.361 e. The number of amides is 1. The van der Waals surface area contributed by atoms with Gasteiger partial charge in [0.25, 0.3) is 0 Å². The first-order valence-electron chi connectivity index (χ1n) is 7.22. The fourth-order valence-electron chi connectivity index (χ4n) is 2.85. The zero-order chi connectivity index (χ0) is 17.1. The summed E-state index contributed by atoms with van der Waals surface area (Å²) in [6.07, 6.45) is 1.65. The van der Waals surface area contributed by atoms with Crippen LogP contribution in [0, 0.1) is 16.0 Å². The van der Waals surface area contributed by atoms with Crippen molar-refractivity contribution in [1.29, 1.82) is 0 Å². The Morgan fingerprint density at radius 2 is 1.96 bits per heavy atom. The Hall–Kier alpha value is -2.70. The Balaban J connectivity index is 2.57. The fourth-order valence-corrected chi connectivity index (χ4v) is 2.85. The van der Waals surface area contributed by atoms with Gasteiger partial charge in [-0.25, -0.2) is 0 Å². The van der Waals surface area contributed by atoms with Gasteiger partial charge in [-0.05, 0) is 18.6 Å². The van der Waals surface area contributed by atoms with Gasteiger partial charge in [-0.15, -0.1) is 0 Å². The minimum atomic E-state index is -1.07. The van der Waals surface area contributed by atoms with Crippen LogP contribution in [0.25, 0.3) is 10.9 Å². The quantitative estimate of drug-likeness (QED) is 0.499. The number of hydrogen-bond acceptors (Lipinski definition) is 4. The van der Waals surface area contributed by atoms with Gasteiger partial charge in [0.15, 0.2) is 0 Å². The number of Topliss-reactive ketones (excluding diaryl/α,β-unsaturated/α-hetero) is 1. The van der Waals surface area contributed by atoms with Crippen LogP contribution in [0.3, 0.4) is 0 Å². The van der Waals surface area contributed by atoms with Crippen molar-refractivity contribution in [3.63, 3.8) is 0 Å². The van der Waals surface area contributed by atoms with Crippen molar-refractivity contribution < 1.29 is 14.5 Å². The Kier molecular flexibility index (Phi) is 4.78. The van der Waals surface area contributed by atoms with Gasteiger partial charge in [-0.1, -0.05) is 18.2 Å². The highest BCUT2D eigenvalue weighted by Crippen LogP contribution is 2.32. The van der Waals surface area contributed by atoms with Crippen molar-refractivity contribution in [3.05, 3.63) is 46.1 Å². The Morgan fingerprint density at radius 1 is 1.30 bits per heavy atom. The minimum Gasteiger partial charge on any atom is -0.361 e. The van der Waals surface area contributed by atoms with E-state index in [1.807, 2.05) is 24.3 Å². The lowest BCUT2D eigenvalue weighted by molar-refractivity contribution is -0.484. The standard InChI is InChI=1S/C16H19N3O4/c1-10(20)15(16(21)18(2)3)13(9-19(22)23)12-8-17-14-7-5-4-6-11(12)14/h4-8,13,15,17H,9H2,1-3H3. The maximum absolute atomic E-state index is 12.4. The number of ketones is 1. The molecule has 0 aliphatic carbocycles. The summed E-state index contributed by atoms with van der Waals surface area (Å²) in [6, 6.07) is 7.34. The highest BCUT2D eigenvalue weighted by Gasteiger charge is 2.38. The average Bonchev–Trinajstić information content (AvgIpc) is 2.89. The molecular weight excluding hydrogens is 298 g/mol. The van der Waals surface area contributed by atoms with E-state index < -0.39 is 29.2 Å². The summed E-state index contributed by atoms with van der Waals surface area (Å²) in [5.41, 5.74) is 1.43. The second kappa shape index (κ2) is 6.60. The number of hydrogen-bond donors (Lipinski definition) is 1. The number of aromatic nitrogens is 1. The van der Waals surface area contributed by atoms with Crippen LogP contribution in [-0.2, 0) is 9.59 Å². The molecule has 1 heterocycles. The number of nitrogens with zero attached hydrogens (tertiary/aromatic N) is 2. The van der Waals surface area contributed by atoms with Crippen molar-refractivity contribution >= 4 is 22.6 Å². The Morgan fingerprint density at radius 3 is 2.52 bits per heavy atom. The number of aromatic amines is 1. The molecule has 7 heteroatoms. The van der Waals surface area contributed by atoms with Crippen LogP contribution < -0.4 is 0 Å². The van der Waals surface area contributed by atoms with Gasteiger partial charge in [0, 0.05) is 36.1 Å². The van der Waals surface area contributed by atoms with E-state index >= 15 is 0 Å². The number of benzene rings is 1. The molecule has 1 N–H and O–H groups in total. The Bertz CT molecular complexity index is 751. The number of para-hydroxylation sites is 1. The van der Waals surface area contributed by atoms with Crippen molar-refractivity contribution in [3.8, 4) is 0 Å². The summed E-state index contributed by atoms with van der Waals surface area (Å²) >= 11 is 0. The molecule has 0 saturated heterocycles. The van der Waals surface area contributed by atoms with E-state index in [4.69, 9.17) is 0 Å². The van der Waals surface area contributed by atoms with E-state index in [0.717, 1.165) is 10.9 Å². The summed E-state index contributed by atoms with van der Waals surface area (Å²) in [6.45, 7) is 0.819. The summed E-state index contributed by atoms with van der Waals surface area (Å²) < 4.78 is 0. The van der Waals surface area contributed by atoms with Gasteiger partial charge < -0.3 is 9.88 Å². The third-order valence-corrected chi connectivity index (χ3v) is 3.91. The molecule has 2 rings (SSSR count). The number of H-pyrrole nitrogens is 1. The average molecular weight is 317 g/mol. The predicted molar refractivity (Wildman–Crippen MR) is 85.8 cm³/mol. The zero-order valence-corrected chi connectivity index (χ0v) is 13.3. The van der Waals surface area contributed by atoms with Crippen LogP contribution in [-0.4, -0.2) is 47.1 Å². The summed E-state index contributed by atoms with van der Waals surface area (Å²) in [7, 11) is 3.08. The zero-order valence-electron chi connectivity index (χ0n) is 13.3. The van der Waals surface area contributed by atoms with Crippen LogP contribution in [0.2, 0.25) is 0 Å². The molecule has 0 spiro atoms. The molecule has 0 saturated carbocycles. The first-order valence-corrected chi connectivity index (χ1v) is 7.22. The molecule has 23 heavy (non-hydrogen) atoms. The topological polar surface area (TPSA) is 96.3 Å². The lowest BCUT2D eigenvalue weighted by Gasteiger charge is -2.24. The molecule has 2 atom stereocenters. The third-order valence-electron chi connectivity index (χ3n) is 3.91. The number of nitro groups is 1. The van der Waals surface area contributed by atoms with Crippen LogP contribution >= 0.6 is 0 Å². The van der Waals surface area contributed by atoms with Gasteiger partial charge in [0.1, 0.15) is 11.7 Å². The molecular formula is C16H19N3O4. The normalized spacial score (nSPS) is 13.5. The van der Waals surface area contributed by atoms with E-state index in [1.165, 1.54) is 25.9 Å². The van der Waals surface area contributed by atoms with Crippen LogP contribution in [0.5, 0.6) is 0 Å². The smallest absolute Gasteiger partial charge is 0.233 e. The number of rotatable bonds is 6. The van der Waals surface area contributed by atoms with E-state index in [2.05, 4.69) is 4.98 Å². The fraction of sp³-hybridized carbons (Fsp3) is 0.375. The first kappa shape index (κ1) is 16.7. The van der Waals surface area contributed by atoms with Crippen molar-refractivity contribution in [2.45, 2.75) is 12.8 Å². The highest BCUT2D eigenvalue weighted by atomic mass is 16.6. The van der Waals surface area contributed by atoms with Crippen molar-refractivity contribution in [2.75, 3.05) is 20.6 Å². The Labute approximate surface area is 133 Å². The lowest BCUT2D eigenvalue weighted by atomic mass is 9.82. The maximum Gasteiger partial charge on any atom is 0.233 e. The monoisotopic (exact) mass is 317 g/mol. The molecule has 0 aliphatic heterocycles. The molecule has 122 valence electrons. The van der Waals surface area contributed by atoms with Gasteiger partial charge in [0.05, 0.1) is 5.92 Å². The minimum absolute atomic E-state index is 0.374. The highest BCUT2D eigenvalue weighted by molar-refractivity contribution is 6.01. The number of fused-ring (bicyclic) bond motifs is 1. The number of carbonyl (C=O) groups excluding carboxylic acids is 2. The van der Waals surface area contributed by atoms with Gasteiger partial charge in [0.2, 0.25) is 12.5 Å². The molecule has 0 radical (unpaired) electrons. The molecule has 1 aromatic heterocycles. The third kappa shape index (κ3) is 3.39. The molecule has 0 fully saturated rings. The number of carbonyl (C=O) groups is 2. The van der Waals surface area contributed by atoms with Crippen LogP contribution in [0.4, 0.5) is 0 Å². The van der Waals surface area contributed by atoms with E-state index in [9.17, 15) is 19.7 Å². The molecule has 2 aromatic rings. The van der Waals surface area contributed by atoms with E-state index in [0.29, 0.717) is 5.56 Å². The van der Waals surface area contributed by atoms with Crippen molar-refractivity contribution in [1.82, 2.24) is 9.88 Å². The summed E-state index contributed by atoms with van der Waals surface area (Å²) in [4.78, 5) is 39.5. The van der Waals surface area contributed by atoms with E-state index in [-0.39, 0.29) is 5.78 Å². The van der Waals surface area contributed by atoms with Crippen LogP contribution in [0.15, 0.2) is 30.5 Å². The van der Waals surface area contributed by atoms with Crippen LogP contribution in [0.1, 0.15) is 18.4 Å². The molecule has 0 bridgehead atoms. The molecule has 2 unspecified atom stereocenters. The van der Waals surface area contributed by atoms with Crippen molar-refractivity contribution in [2.24, 2.45) is 5.92 Å². The second-order valence-corrected chi connectivity index (χ2v) is 5.73. The predicted octanol–water partition coefficient (Wildman–Crippen LogP) is 1.82. The molecule has 7 nitrogen and oxygen atoms in total. The molecule has 0 aliphatic rings. The van der Waals surface area contributed by atoms with Gasteiger partial charge in [-0.3, -0.25) is 19.7 Å². The number of nitrogens with one attached hydrogen (secondary N) is 1. The van der Waals surface area contributed by atoms with Gasteiger partial charge >= 0.3 is 0 Å².